The fourth-order valence-electron chi connectivity index (χ4n) is 8.19. The van der Waals surface area contributed by atoms with Crippen LogP contribution in [-0.2, 0) is 70.2 Å². The molecule has 7 aromatic rings. The van der Waals surface area contributed by atoms with Crippen LogP contribution in [0.1, 0.15) is 72.5 Å². The summed E-state index contributed by atoms with van der Waals surface area (Å²) in [6.07, 6.45) is 0. The Balaban J connectivity index is 0.000000165. The molecule has 14 rings (SSSR count). The molecule has 37 heteroatoms. The number of hydrogen-bond acceptors (Lipinski definition) is 21. The van der Waals surface area contributed by atoms with Gasteiger partial charge in [0.05, 0.1) is 59.9 Å². The molecular weight excluding hydrogens is 1460 g/mol. The number of amides is 7. The van der Waals surface area contributed by atoms with Gasteiger partial charge in [-0.05, 0) is 60.7 Å². The van der Waals surface area contributed by atoms with Crippen LogP contribution in [0.15, 0.2) is 204 Å². The first kappa shape index (κ1) is 71.4. The van der Waals surface area contributed by atoms with Gasteiger partial charge < -0.3 is 38.1 Å². The van der Waals surface area contributed by atoms with Crippen molar-refractivity contribution in [2.75, 3.05) is 21.1 Å². The molecule has 28 nitrogen and oxygen atoms in total. The van der Waals surface area contributed by atoms with E-state index in [2.05, 4.69) is 18.9 Å². The molecule has 452 valence electrons. The zero-order valence-electron chi connectivity index (χ0n) is 45.6. The van der Waals surface area contributed by atoms with Crippen molar-refractivity contribution in [1.82, 2.24) is 12.9 Å². The van der Waals surface area contributed by atoms with Crippen molar-refractivity contribution in [3.8, 4) is 0 Å². The molecule has 0 spiro atoms. The fourth-order valence-corrected chi connectivity index (χ4v) is 16.5. The molecule has 7 heterocycles. The summed E-state index contributed by atoms with van der Waals surface area (Å²) >= 11 is 0. The first-order valence-corrected chi connectivity index (χ1v) is 34.0. The molecule has 0 saturated heterocycles. The molecule has 7 aliphatic rings. The topological polar surface area (TPSA) is 425 Å². The molecule has 0 fully saturated rings. The Morgan fingerprint density at radius 2 is 0.393 bits per heavy atom. The number of rotatable bonds is 0. The van der Waals surface area contributed by atoms with Gasteiger partial charge in [-0.25, -0.2) is 71.8 Å². The molecule has 7 amide bonds. The van der Waals surface area contributed by atoms with E-state index in [1.165, 1.54) is 106 Å². The average molecular weight is 1500 g/mol. The Hall–Kier alpha value is -6.69. The van der Waals surface area contributed by atoms with Crippen molar-refractivity contribution < 1.29 is 92.5 Å². The van der Waals surface area contributed by atoms with Crippen molar-refractivity contribution in [2.24, 2.45) is 0 Å². The normalized spacial score (nSPS) is 18.2. The second kappa shape index (κ2) is 27.0. The third kappa shape index (κ3) is 14.1. The van der Waals surface area contributed by atoms with E-state index in [-0.39, 0.29) is 160 Å². The Bertz CT molecular complexity index is 4430. The molecule has 0 N–H and O–H groups in total. The summed E-state index contributed by atoms with van der Waals surface area (Å²) in [6, 6.07) is 42.5. The first-order valence-electron chi connectivity index (χ1n) is 23.9. The zero-order chi connectivity index (χ0) is 64.0. The van der Waals surface area contributed by atoms with E-state index >= 15 is 0 Å². The van der Waals surface area contributed by atoms with Gasteiger partial charge in [0.15, 0.2) is 0 Å². The van der Waals surface area contributed by atoms with Gasteiger partial charge in [0.2, 0.25) is 0 Å². The third-order valence-electron chi connectivity index (χ3n) is 12.5. The third-order valence-corrected chi connectivity index (χ3v) is 23.2. The van der Waals surface area contributed by atoms with E-state index in [0.717, 1.165) is 12.9 Å². The predicted octanol–water partition coefficient (Wildman–Crippen LogP) is 4.23. The van der Waals surface area contributed by atoms with Crippen LogP contribution in [0.2, 0.25) is 0 Å². The average Bonchev–Trinajstić information content (AvgIpc) is 1.93. The quantitative estimate of drug-likeness (QED) is 0.192. The standard InChI is InChI=1S/3C8H7NO3S.4C7H5NO3S.Ba.Ca/c3*1-9-8(10)6-4-2-3-5-7(6)13(9,11)12;4*9-7-5-3-1-2-4-6(5)12(10,11)8-7;;/h3*2-5H,1H3;4*1-4H,(H,8,9);;/q;;;;;;;2*+2/p-4. The number of nitrogens with zero attached hydrogens (tertiary/aromatic N) is 7. The molecule has 0 bridgehead atoms. The monoisotopic (exact) mass is 1500 g/mol. The number of benzene rings is 7. The van der Waals surface area contributed by atoms with Gasteiger partial charge in [-0.2, -0.15) is 0 Å². The van der Waals surface area contributed by atoms with Crippen molar-refractivity contribution in [3.05, 3.63) is 228 Å². The van der Waals surface area contributed by atoms with Crippen LogP contribution in [0.3, 0.4) is 0 Å². The summed E-state index contributed by atoms with van der Waals surface area (Å²) in [5, 5.41) is 0. The molecule has 0 aromatic heterocycles. The zero-order valence-corrected chi connectivity index (χ0v) is 58.0. The number of carbonyl (C=O) groups is 7. The van der Waals surface area contributed by atoms with Gasteiger partial charge >= 0.3 is 86.6 Å². The van der Waals surface area contributed by atoms with Gasteiger partial charge in [-0.1, -0.05) is 109 Å². The summed E-state index contributed by atoms with van der Waals surface area (Å²) in [5.41, 5.74) is 1.42. The summed E-state index contributed by atoms with van der Waals surface area (Å²) in [5.74, 6) is -4.09. The Kier molecular flexibility index (Phi) is 21.7. The van der Waals surface area contributed by atoms with Crippen LogP contribution in [-0.4, -0.2) is 221 Å². The fraction of sp³-hybridized carbons (Fsp3) is 0.0577. The van der Waals surface area contributed by atoms with E-state index in [0.29, 0.717) is 0 Å². The Morgan fingerprint density at radius 1 is 0.247 bits per heavy atom. The largest absolute Gasteiger partial charge is 2.00 e. The van der Waals surface area contributed by atoms with E-state index in [1.54, 1.807) is 84.9 Å². The van der Waals surface area contributed by atoms with Crippen LogP contribution in [0.25, 0.3) is 18.9 Å². The number of hydrogen-bond donors (Lipinski definition) is 0. The van der Waals surface area contributed by atoms with Gasteiger partial charge in [-0.15, -0.1) is 0 Å². The van der Waals surface area contributed by atoms with Crippen LogP contribution in [0.5, 0.6) is 0 Å². The minimum atomic E-state index is -3.68. The number of fused-ring (bicyclic) bond motifs is 7. The summed E-state index contributed by atoms with van der Waals surface area (Å²) < 4.78 is 172. The van der Waals surface area contributed by atoms with E-state index < -0.39 is 112 Å². The first-order chi connectivity index (χ1) is 40.6. The molecule has 0 unspecified atom stereocenters. The SMILES string of the molecule is CN1C(=O)c2ccccc2S1(=O)=O.CN1C(=O)c2ccccc2S1(=O)=O.CN1C(=O)c2ccccc2S1(=O)=O.O=C1[N-]S(=O)(=O)c2ccccc21.O=C1[N-]S(=O)(=O)c2ccccc21.O=C1[N-]S(=O)(=O)c2ccccc21.O=C1[N-]S(=O)(=O)c2ccccc21.[Ba+2].[Ca+2]. The maximum Gasteiger partial charge on any atom is 2.00 e. The van der Waals surface area contributed by atoms with Crippen LogP contribution < -0.4 is 0 Å². The molecule has 89 heavy (non-hydrogen) atoms. The van der Waals surface area contributed by atoms with E-state index in [1.807, 2.05) is 0 Å². The van der Waals surface area contributed by atoms with Gasteiger partial charge in [0, 0.05) is 43.4 Å². The minimum absolute atomic E-state index is 0. The molecular formula is C52H37BaCaN7O21S7. The molecule has 0 aliphatic carbocycles. The number of carbonyl (C=O) groups excluding carboxylic acids is 7. The molecule has 0 radical (unpaired) electrons. The molecule has 7 aliphatic heterocycles. The van der Waals surface area contributed by atoms with Crippen molar-refractivity contribution >= 4 is 198 Å². The Labute approximate surface area is 579 Å². The maximum atomic E-state index is 11.5. The van der Waals surface area contributed by atoms with E-state index in [9.17, 15) is 92.5 Å². The Morgan fingerprint density at radius 3 is 0.551 bits per heavy atom. The number of sulfonamides is 7. The van der Waals surface area contributed by atoms with Gasteiger partial charge in [0.25, 0.3) is 47.8 Å². The van der Waals surface area contributed by atoms with Crippen molar-refractivity contribution in [2.45, 2.75) is 34.3 Å². The second-order valence-corrected chi connectivity index (χ2v) is 29.9. The van der Waals surface area contributed by atoms with Gasteiger partial charge in [0.1, 0.15) is 54.8 Å². The molecule has 0 atom stereocenters. The maximum absolute atomic E-state index is 11.5. The minimum Gasteiger partial charge on any atom is -0.537 e. The van der Waals surface area contributed by atoms with Gasteiger partial charge in [-0.3, -0.25) is 14.4 Å². The summed E-state index contributed by atoms with van der Waals surface area (Å²) in [7, 11) is -21.6. The molecule has 7 aromatic carbocycles. The second-order valence-electron chi connectivity index (χ2n) is 17.8. The summed E-state index contributed by atoms with van der Waals surface area (Å²) in [6.45, 7) is 0. The van der Waals surface area contributed by atoms with Crippen LogP contribution in [0.4, 0.5) is 0 Å². The van der Waals surface area contributed by atoms with Crippen molar-refractivity contribution in [3.63, 3.8) is 0 Å². The predicted molar refractivity (Wildman–Crippen MR) is 314 cm³/mol. The van der Waals surface area contributed by atoms with Crippen molar-refractivity contribution in [1.29, 1.82) is 0 Å². The van der Waals surface area contributed by atoms with Crippen LogP contribution in [0, 0.1) is 0 Å². The summed E-state index contributed by atoms with van der Waals surface area (Å²) in [4.78, 5) is 78.2. The van der Waals surface area contributed by atoms with E-state index in [4.69, 9.17) is 0 Å². The smallest absolute Gasteiger partial charge is 0.537 e. The molecule has 0 saturated carbocycles. The van der Waals surface area contributed by atoms with Crippen LogP contribution >= 0.6 is 0 Å².